The van der Waals surface area contributed by atoms with E-state index in [1.54, 1.807) is 18.2 Å². The van der Waals surface area contributed by atoms with E-state index in [-0.39, 0.29) is 5.91 Å². The van der Waals surface area contributed by atoms with Crippen molar-refractivity contribution >= 4 is 23.2 Å². The van der Waals surface area contributed by atoms with Crippen LogP contribution in [0.2, 0.25) is 5.02 Å². The molecule has 3 N–H and O–H groups in total. The highest BCUT2D eigenvalue weighted by Gasteiger charge is 2.28. The Morgan fingerprint density at radius 3 is 2.88 bits per heavy atom. The first-order chi connectivity index (χ1) is 8.08. The molecule has 4 heteroatoms. The predicted molar refractivity (Wildman–Crippen MR) is 70.1 cm³/mol. The Kier molecular flexibility index (Phi) is 3.57. The van der Waals surface area contributed by atoms with Gasteiger partial charge in [0.25, 0.3) is 5.91 Å². The van der Waals surface area contributed by atoms with Gasteiger partial charge in [-0.2, -0.15) is 0 Å². The number of carbonyl (C=O) groups excluding carboxylic acids is 1. The van der Waals surface area contributed by atoms with Gasteiger partial charge in [-0.05, 0) is 42.9 Å². The van der Waals surface area contributed by atoms with Crippen molar-refractivity contribution in [1.82, 2.24) is 5.32 Å². The molecule has 17 heavy (non-hydrogen) atoms. The van der Waals surface area contributed by atoms with Crippen molar-refractivity contribution in [2.75, 3.05) is 12.3 Å². The summed E-state index contributed by atoms with van der Waals surface area (Å²) in [6, 6.07) is 4.95. The highest BCUT2D eigenvalue weighted by Crippen LogP contribution is 2.36. The molecule has 92 valence electrons. The summed E-state index contributed by atoms with van der Waals surface area (Å²) in [5.41, 5.74) is 6.64. The van der Waals surface area contributed by atoms with Gasteiger partial charge in [-0.15, -0.1) is 0 Å². The van der Waals surface area contributed by atoms with Crippen molar-refractivity contribution in [3.8, 4) is 0 Å². The second-order valence-corrected chi connectivity index (χ2v) is 5.17. The maximum Gasteiger partial charge on any atom is 0.252 e. The van der Waals surface area contributed by atoms with E-state index in [4.69, 9.17) is 17.3 Å². The molecule has 0 bridgehead atoms. The first-order valence-corrected chi connectivity index (χ1v) is 6.29. The summed E-state index contributed by atoms with van der Waals surface area (Å²) in [7, 11) is 0. The SMILES string of the molecule is CC(CNC(=O)c1ccc(N)cc1Cl)C1CC1. The van der Waals surface area contributed by atoms with Crippen molar-refractivity contribution in [1.29, 1.82) is 0 Å². The topological polar surface area (TPSA) is 55.1 Å². The van der Waals surface area contributed by atoms with E-state index in [1.165, 1.54) is 12.8 Å². The normalized spacial score (nSPS) is 16.6. The first kappa shape index (κ1) is 12.2. The van der Waals surface area contributed by atoms with E-state index < -0.39 is 0 Å². The number of anilines is 1. The third kappa shape index (κ3) is 3.13. The zero-order valence-electron chi connectivity index (χ0n) is 9.87. The quantitative estimate of drug-likeness (QED) is 0.810. The smallest absolute Gasteiger partial charge is 0.252 e. The van der Waals surface area contributed by atoms with Crippen molar-refractivity contribution in [2.45, 2.75) is 19.8 Å². The number of halogens is 1. The Labute approximate surface area is 106 Å². The molecule has 1 amide bonds. The van der Waals surface area contributed by atoms with Crippen molar-refractivity contribution in [3.63, 3.8) is 0 Å². The minimum atomic E-state index is -0.123. The Morgan fingerprint density at radius 2 is 2.29 bits per heavy atom. The van der Waals surface area contributed by atoms with Crippen molar-refractivity contribution in [3.05, 3.63) is 28.8 Å². The van der Waals surface area contributed by atoms with Gasteiger partial charge in [0.05, 0.1) is 10.6 Å². The molecule has 0 aromatic heterocycles. The minimum absolute atomic E-state index is 0.123. The number of amides is 1. The number of nitrogen functional groups attached to an aromatic ring is 1. The number of carbonyl (C=O) groups is 1. The molecular formula is C13H17ClN2O. The average molecular weight is 253 g/mol. The molecule has 3 nitrogen and oxygen atoms in total. The Bertz CT molecular complexity index is 429. The largest absolute Gasteiger partial charge is 0.399 e. The van der Waals surface area contributed by atoms with Crippen LogP contribution in [0.25, 0.3) is 0 Å². The fourth-order valence-electron chi connectivity index (χ4n) is 1.90. The number of benzene rings is 1. The van der Waals surface area contributed by atoms with Crippen LogP contribution in [0.3, 0.4) is 0 Å². The maximum atomic E-state index is 11.9. The van der Waals surface area contributed by atoms with Gasteiger partial charge in [0.1, 0.15) is 0 Å². The van der Waals surface area contributed by atoms with E-state index in [1.807, 2.05) is 0 Å². The molecule has 1 aliphatic rings. The van der Waals surface area contributed by atoms with Crippen LogP contribution in [0, 0.1) is 11.8 Å². The van der Waals surface area contributed by atoms with Crippen LogP contribution in [-0.2, 0) is 0 Å². The van der Waals surface area contributed by atoms with Crippen molar-refractivity contribution in [2.24, 2.45) is 11.8 Å². The van der Waals surface area contributed by atoms with E-state index in [0.717, 1.165) is 5.92 Å². The summed E-state index contributed by atoms with van der Waals surface area (Å²) >= 11 is 5.97. The molecule has 0 saturated heterocycles. The zero-order chi connectivity index (χ0) is 12.4. The van der Waals surface area contributed by atoms with Gasteiger partial charge in [0.15, 0.2) is 0 Å². The predicted octanol–water partition coefficient (Wildman–Crippen LogP) is 2.70. The number of hydrogen-bond acceptors (Lipinski definition) is 2. The highest BCUT2D eigenvalue weighted by atomic mass is 35.5. The lowest BCUT2D eigenvalue weighted by atomic mass is 10.1. The van der Waals surface area contributed by atoms with E-state index in [2.05, 4.69) is 12.2 Å². The number of rotatable bonds is 4. The van der Waals surface area contributed by atoms with E-state index >= 15 is 0 Å². The summed E-state index contributed by atoms with van der Waals surface area (Å²) in [5, 5.41) is 3.32. The van der Waals surface area contributed by atoms with Gasteiger partial charge in [-0.3, -0.25) is 4.79 Å². The average Bonchev–Trinajstić information content (AvgIpc) is 3.09. The summed E-state index contributed by atoms with van der Waals surface area (Å²) in [6.45, 7) is 2.88. The minimum Gasteiger partial charge on any atom is -0.399 e. The van der Waals surface area contributed by atoms with Gasteiger partial charge in [-0.25, -0.2) is 0 Å². The second-order valence-electron chi connectivity index (χ2n) is 4.76. The molecule has 0 spiro atoms. The van der Waals surface area contributed by atoms with Crippen LogP contribution < -0.4 is 11.1 Å². The first-order valence-electron chi connectivity index (χ1n) is 5.91. The fraction of sp³-hybridized carbons (Fsp3) is 0.462. The van der Waals surface area contributed by atoms with Crippen LogP contribution >= 0.6 is 11.6 Å². The Hall–Kier alpha value is -1.22. The molecule has 0 aliphatic heterocycles. The zero-order valence-corrected chi connectivity index (χ0v) is 10.6. The molecule has 1 fully saturated rings. The summed E-state index contributed by atoms with van der Waals surface area (Å²) in [5.74, 6) is 1.21. The third-order valence-electron chi connectivity index (χ3n) is 3.25. The second kappa shape index (κ2) is 4.96. The summed E-state index contributed by atoms with van der Waals surface area (Å²) < 4.78 is 0. The molecule has 1 aliphatic carbocycles. The molecule has 1 aromatic rings. The molecular weight excluding hydrogens is 236 g/mol. The monoisotopic (exact) mass is 252 g/mol. The van der Waals surface area contributed by atoms with Crippen LogP contribution in [0.4, 0.5) is 5.69 Å². The summed E-state index contributed by atoms with van der Waals surface area (Å²) in [6.07, 6.45) is 2.58. The molecule has 1 saturated carbocycles. The van der Waals surface area contributed by atoms with Crippen LogP contribution in [0.15, 0.2) is 18.2 Å². The molecule has 1 atom stereocenters. The molecule has 1 unspecified atom stereocenters. The lowest BCUT2D eigenvalue weighted by molar-refractivity contribution is 0.0947. The summed E-state index contributed by atoms with van der Waals surface area (Å²) in [4.78, 5) is 11.9. The van der Waals surface area contributed by atoms with E-state index in [9.17, 15) is 4.79 Å². The van der Waals surface area contributed by atoms with Crippen LogP contribution in [-0.4, -0.2) is 12.5 Å². The Morgan fingerprint density at radius 1 is 1.59 bits per heavy atom. The third-order valence-corrected chi connectivity index (χ3v) is 3.56. The highest BCUT2D eigenvalue weighted by molar-refractivity contribution is 6.34. The van der Waals surface area contributed by atoms with Gasteiger partial charge in [0.2, 0.25) is 0 Å². The Balaban J connectivity index is 1.94. The van der Waals surface area contributed by atoms with Gasteiger partial charge >= 0.3 is 0 Å². The van der Waals surface area contributed by atoms with Crippen molar-refractivity contribution < 1.29 is 4.79 Å². The lowest BCUT2D eigenvalue weighted by Crippen LogP contribution is -2.29. The molecule has 1 aromatic carbocycles. The standard InChI is InChI=1S/C13H17ClN2O/c1-8(9-2-3-9)7-16-13(17)11-5-4-10(15)6-12(11)14/h4-6,8-9H,2-3,7,15H2,1H3,(H,16,17). The maximum absolute atomic E-state index is 11.9. The van der Waals surface area contributed by atoms with Gasteiger partial charge < -0.3 is 11.1 Å². The molecule has 2 rings (SSSR count). The van der Waals surface area contributed by atoms with E-state index in [0.29, 0.717) is 28.7 Å². The van der Waals surface area contributed by atoms with Gasteiger partial charge in [-0.1, -0.05) is 18.5 Å². The molecule has 0 heterocycles. The lowest BCUT2D eigenvalue weighted by Gasteiger charge is -2.12. The molecule has 0 radical (unpaired) electrons. The van der Waals surface area contributed by atoms with Crippen LogP contribution in [0.1, 0.15) is 30.1 Å². The van der Waals surface area contributed by atoms with Crippen LogP contribution in [0.5, 0.6) is 0 Å². The van der Waals surface area contributed by atoms with Gasteiger partial charge in [0, 0.05) is 12.2 Å². The fourth-order valence-corrected chi connectivity index (χ4v) is 2.17. The number of nitrogens with two attached hydrogens (primary N) is 1. The number of nitrogens with one attached hydrogen (secondary N) is 1. The number of hydrogen-bond donors (Lipinski definition) is 2.